The molecule has 0 aromatic heterocycles. The molecule has 0 unspecified atom stereocenters. The van der Waals surface area contributed by atoms with Crippen molar-refractivity contribution in [1.82, 2.24) is 0 Å². The van der Waals surface area contributed by atoms with Crippen molar-refractivity contribution in [1.29, 1.82) is 0 Å². The van der Waals surface area contributed by atoms with Gasteiger partial charge in [-0.3, -0.25) is 0 Å². The van der Waals surface area contributed by atoms with Gasteiger partial charge in [-0.15, -0.1) is 0 Å². The van der Waals surface area contributed by atoms with Crippen molar-refractivity contribution in [3.63, 3.8) is 0 Å². The molecular weight excluding hydrogens is 102 g/mol. The summed E-state index contributed by atoms with van der Waals surface area (Å²) in [5, 5.41) is 0. The van der Waals surface area contributed by atoms with Crippen LogP contribution in [0.2, 0.25) is 0 Å². The minimum absolute atomic E-state index is 0. The summed E-state index contributed by atoms with van der Waals surface area (Å²) in [6.45, 7) is 0. The molecule has 0 aromatic rings. The first kappa shape index (κ1) is 9.58. The summed E-state index contributed by atoms with van der Waals surface area (Å²) in [7, 11) is -2.62. The van der Waals surface area contributed by atoms with Crippen molar-refractivity contribution in [2.45, 2.75) is 0 Å². The number of hydrogen-bond donors (Lipinski definition) is 3. The molecule has 0 bridgehead atoms. The summed E-state index contributed by atoms with van der Waals surface area (Å²) in [6, 6.07) is 0. The maximum atomic E-state index is 7.23. The molecule has 0 aliphatic rings. The number of rotatable bonds is 0. The van der Waals surface area contributed by atoms with Crippen LogP contribution in [-0.2, 0) is 0 Å². The van der Waals surface area contributed by atoms with Gasteiger partial charge in [-0.1, -0.05) is 0 Å². The average Bonchev–Trinajstić information content (AvgIpc) is 0.811. The van der Waals surface area contributed by atoms with Crippen LogP contribution < -0.4 is 0 Å². The molecule has 0 rings (SSSR count). The summed E-state index contributed by atoms with van der Waals surface area (Å²) < 4.78 is 0. The van der Waals surface area contributed by atoms with Crippen molar-refractivity contribution in [3.8, 4) is 0 Å². The van der Waals surface area contributed by atoms with Gasteiger partial charge in [0.25, 0.3) is 0 Å². The summed E-state index contributed by atoms with van der Waals surface area (Å²) in [5.41, 5.74) is 0. The number of hydrogen-bond acceptors (Lipinski definition) is 3. The predicted molar refractivity (Wildman–Crippen MR) is 20.7 cm³/mol. The van der Waals surface area contributed by atoms with Crippen LogP contribution in [0.5, 0.6) is 0 Å². The third-order valence-electron chi connectivity index (χ3n) is 0. The first-order valence-corrected chi connectivity index (χ1v) is 1.80. The van der Waals surface area contributed by atoms with Crippen LogP contribution in [0.3, 0.4) is 0 Å². The zero-order chi connectivity index (χ0) is 3.58. The van der Waals surface area contributed by atoms with Crippen LogP contribution >= 0.6 is 8.60 Å². The van der Waals surface area contributed by atoms with Crippen LogP contribution in [0.1, 0.15) is 0 Å². The molecule has 0 saturated heterocycles. The molecule has 0 aromatic carbocycles. The Morgan fingerprint density at radius 2 is 1.00 bits per heavy atom. The van der Waals surface area contributed by atoms with Crippen molar-refractivity contribution in [2.75, 3.05) is 0 Å². The maximum absolute atomic E-state index is 7.23. The first-order chi connectivity index (χ1) is 1.73. The van der Waals surface area contributed by atoms with E-state index >= 15 is 0 Å². The molecule has 3 nitrogen and oxygen atoms in total. The fourth-order valence-corrected chi connectivity index (χ4v) is 0. The van der Waals surface area contributed by atoms with Gasteiger partial charge in [0.15, 0.2) is 0 Å². The van der Waals surface area contributed by atoms with Gasteiger partial charge in [0.05, 0.1) is 0 Å². The van der Waals surface area contributed by atoms with Gasteiger partial charge in [-0.05, 0) is 0 Å². The Morgan fingerprint density at radius 1 is 1.00 bits per heavy atom. The molecule has 0 amide bonds. The first-order valence-electron chi connectivity index (χ1n) is 0.600. The van der Waals surface area contributed by atoms with Crippen LogP contribution in [0.4, 0.5) is 0 Å². The van der Waals surface area contributed by atoms with Crippen molar-refractivity contribution < 1.29 is 14.7 Å². The van der Waals surface area contributed by atoms with Gasteiger partial charge in [-0.25, -0.2) is 0 Å². The van der Waals surface area contributed by atoms with E-state index in [1.165, 1.54) is 0 Å². The second-order valence-corrected chi connectivity index (χ2v) is 0.805. The van der Waals surface area contributed by atoms with E-state index in [4.69, 9.17) is 14.7 Å². The topological polar surface area (TPSA) is 60.7 Å². The Labute approximate surface area is 52.9 Å². The predicted octanol–water partition coefficient (Wildman–Crippen LogP) is -1.46. The van der Waals surface area contributed by atoms with E-state index in [0.29, 0.717) is 0 Å². The molecule has 5 heavy (non-hydrogen) atoms. The zero-order valence-corrected chi connectivity index (χ0v) is 2.68. The molecule has 0 atom stereocenters. The van der Waals surface area contributed by atoms with Crippen LogP contribution in [0, 0.1) is 0 Å². The van der Waals surface area contributed by atoms with Crippen LogP contribution in [0.15, 0.2) is 0 Å². The molecular formula is H4NaO3P. The fourth-order valence-electron chi connectivity index (χ4n) is 0. The second kappa shape index (κ2) is 5.31. The third kappa shape index (κ3) is 33.9. The van der Waals surface area contributed by atoms with Crippen LogP contribution in [0.25, 0.3) is 0 Å². The molecule has 28 valence electrons. The van der Waals surface area contributed by atoms with Crippen LogP contribution in [-0.4, -0.2) is 44.2 Å². The molecule has 0 aliphatic heterocycles. The Morgan fingerprint density at radius 3 is 1.00 bits per heavy atom. The van der Waals surface area contributed by atoms with Gasteiger partial charge in [0.1, 0.15) is 0 Å². The Balaban J connectivity index is 0. The van der Waals surface area contributed by atoms with E-state index in [-0.39, 0.29) is 29.6 Å². The van der Waals surface area contributed by atoms with Gasteiger partial charge >= 0.3 is 38.2 Å². The van der Waals surface area contributed by atoms with E-state index in [0.717, 1.165) is 0 Å². The van der Waals surface area contributed by atoms with Crippen molar-refractivity contribution in [2.24, 2.45) is 0 Å². The monoisotopic (exact) mass is 106 g/mol. The SMILES string of the molecule is OP(O)O.[NaH]. The fraction of sp³-hybridized carbons (Fsp3) is 0. The molecule has 0 heterocycles. The average molecular weight is 106 g/mol. The normalized spacial score (nSPS) is 7.20. The van der Waals surface area contributed by atoms with E-state index in [2.05, 4.69) is 0 Å². The summed E-state index contributed by atoms with van der Waals surface area (Å²) in [6.07, 6.45) is 0. The van der Waals surface area contributed by atoms with Gasteiger partial charge < -0.3 is 14.7 Å². The third-order valence-corrected chi connectivity index (χ3v) is 0. The van der Waals surface area contributed by atoms with Crippen molar-refractivity contribution >= 4 is 38.2 Å². The van der Waals surface area contributed by atoms with Gasteiger partial charge in [0.2, 0.25) is 0 Å². The minimum atomic E-state index is -2.62. The van der Waals surface area contributed by atoms with E-state index < -0.39 is 8.60 Å². The second-order valence-electron chi connectivity index (χ2n) is 0.268. The summed E-state index contributed by atoms with van der Waals surface area (Å²) in [4.78, 5) is 21.7. The Bertz CT molecular complexity index is 11.6. The van der Waals surface area contributed by atoms with E-state index in [1.807, 2.05) is 0 Å². The molecule has 0 spiro atoms. The van der Waals surface area contributed by atoms with E-state index in [1.54, 1.807) is 0 Å². The van der Waals surface area contributed by atoms with E-state index in [9.17, 15) is 0 Å². The van der Waals surface area contributed by atoms with Gasteiger partial charge in [0, 0.05) is 0 Å². The molecule has 5 heteroatoms. The standard InChI is InChI=1S/Na.H3O3P.H/c;1-4(2)3;/h;1-3H;. The van der Waals surface area contributed by atoms with Gasteiger partial charge in [-0.2, -0.15) is 0 Å². The van der Waals surface area contributed by atoms with Crippen molar-refractivity contribution in [3.05, 3.63) is 0 Å². The molecule has 3 N–H and O–H groups in total. The molecule has 0 radical (unpaired) electrons. The summed E-state index contributed by atoms with van der Waals surface area (Å²) >= 11 is 0. The quantitative estimate of drug-likeness (QED) is 0.261. The Hall–Kier alpha value is 1.31. The molecule has 0 aliphatic carbocycles. The molecule has 0 saturated carbocycles. The summed E-state index contributed by atoms with van der Waals surface area (Å²) in [5.74, 6) is 0. The zero-order valence-electron chi connectivity index (χ0n) is 1.79. The molecule has 0 fully saturated rings. The Kier molecular flexibility index (Phi) is 10.2.